The van der Waals surface area contributed by atoms with Gasteiger partial charge in [-0.05, 0) is 76.5 Å². The van der Waals surface area contributed by atoms with Crippen LogP contribution in [0.3, 0.4) is 0 Å². The number of amides is 5. The van der Waals surface area contributed by atoms with Gasteiger partial charge in [-0.3, -0.25) is 19.7 Å². The SMILES string of the molecule is Cc1ccc(Cl)cc1N1C(=O)NC(=O)/C(=C\c2ccc(OCC(=O)Nc3ccccc3)c(Br)c2)C1=O. The molecule has 8 nitrogen and oxygen atoms in total. The Morgan fingerprint density at radius 2 is 1.83 bits per heavy atom. The van der Waals surface area contributed by atoms with Crippen LogP contribution >= 0.6 is 27.5 Å². The molecule has 1 aliphatic heterocycles. The zero-order chi connectivity index (χ0) is 25.8. The summed E-state index contributed by atoms with van der Waals surface area (Å²) in [6, 6.07) is 17.8. The Bertz CT molecular complexity index is 1410. The Balaban J connectivity index is 1.51. The van der Waals surface area contributed by atoms with Crippen molar-refractivity contribution in [3.63, 3.8) is 0 Å². The lowest BCUT2D eigenvalue weighted by molar-refractivity contribution is -0.122. The molecule has 4 rings (SSSR count). The summed E-state index contributed by atoms with van der Waals surface area (Å²) in [5, 5.41) is 5.26. The largest absolute Gasteiger partial charge is 0.483 e. The molecule has 3 aromatic rings. The van der Waals surface area contributed by atoms with E-state index in [0.29, 0.717) is 32.1 Å². The fourth-order valence-electron chi connectivity index (χ4n) is 3.45. The molecule has 0 aromatic heterocycles. The zero-order valence-corrected chi connectivity index (χ0v) is 21.2. The number of rotatable bonds is 6. The number of halogens is 2. The van der Waals surface area contributed by atoms with Crippen LogP contribution in [0.25, 0.3) is 6.08 Å². The van der Waals surface area contributed by atoms with E-state index in [1.807, 2.05) is 18.2 Å². The van der Waals surface area contributed by atoms with Gasteiger partial charge in [-0.15, -0.1) is 0 Å². The standard InChI is InChI=1S/C26H19BrClN3O5/c1-15-7-9-17(28)13-21(15)31-25(34)19(24(33)30-26(31)35)11-16-8-10-22(20(27)12-16)36-14-23(32)29-18-5-3-2-4-6-18/h2-13H,14H2,1H3,(H,29,32)(H,30,33,35)/b19-11+. The van der Waals surface area contributed by atoms with Gasteiger partial charge in [0, 0.05) is 10.7 Å². The first-order chi connectivity index (χ1) is 17.2. The molecule has 36 heavy (non-hydrogen) atoms. The first kappa shape index (κ1) is 25.2. The quantitative estimate of drug-likeness (QED) is 0.318. The van der Waals surface area contributed by atoms with Crippen molar-refractivity contribution in [2.75, 3.05) is 16.8 Å². The number of urea groups is 1. The molecule has 10 heteroatoms. The number of benzene rings is 3. The molecular weight excluding hydrogens is 550 g/mol. The van der Waals surface area contributed by atoms with Crippen LogP contribution in [0.15, 0.2) is 76.8 Å². The molecule has 1 saturated heterocycles. The number of carbonyl (C=O) groups excluding carboxylic acids is 4. The maximum atomic E-state index is 13.1. The number of nitrogens with zero attached hydrogens (tertiary/aromatic N) is 1. The highest BCUT2D eigenvalue weighted by Gasteiger charge is 2.37. The Morgan fingerprint density at radius 3 is 2.56 bits per heavy atom. The molecule has 5 amide bonds. The Morgan fingerprint density at radius 1 is 1.08 bits per heavy atom. The van der Waals surface area contributed by atoms with Gasteiger partial charge in [0.1, 0.15) is 11.3 Å². The lowest BCUT2D eigenvalue weighted by atomic mass is 10.1. The van der Waals surface area contributed by atoms with Crippen LogP contribution in [0, 0.1) is 6.92 Å². The average molecular weight is 569 g/mol. The number of hydrogen-bond acceptors (Lipinski definition) is 5. The third kappa shape index (κ3) is 5.64. The summed E-state index contributed by atoms with van der Waals surface area (Å²) in [7, 11) is 0. The fourth-order valence-corrected chi connectivity index (χ4v) is 4.13. The second-order valence-corrected chi connectivity index (χ2v) is 9.07. The summed E-state index contributed by atoms with van der Waals surface area (Å²) < 4.78 is 6.09. The monoisotopic (exact) mass is 567 g/mol. The highest BCUT2D eigenvalue weighted by atomic mass is 79.9. The van der Waals surface area contributed by atoms with Crippen molar-refractivity contribution in [2.45, 2.75) is 6.92 Å². The molecule has 0 radical (unpaired) electrons. The van der Waals surface area contributed by atoms with Crippen molar-refractivity contribution < 1.29 is 23.9 Å². The van der Waals surface area contributed by atoms with Crippen molar-refractivity contribution in [3.05, 3.63) is 92.9 Å². The van der Waals surface area contributed by atoms with Crippen molar-refractivity contribution in [1.29, 1.82) is 0 Å². The minimum absolute atomic E-state index is 0.217. The number of anilines is 2. The molecule has 2 N–H and O–H groups in total. The predicted octanol–water partition coefficient (Wildman–Crippen LogP) is 5.09. The van der Waals surface area contributed by atoms with E-state index in [4.69, 9.17) is 16.3 Å². The van der Waals surface area contributed by atoms with Crippen molar-refractivity contribution >= 4 is 68.7 Å². The Labute approximate surface area is 220 Å². The number of para-hydroxylation sites is 1. The zero-order valence-electron chi connectivity index (χ0n) is 18.9. The molecule has 3 aromatic carbocycles. The number of imide groups is 2. The van der Waals surface area contributed by atoms with Crippen LogP contribution in [0.2, 0.25) is 5.02 Å². The summed E-state index contributed by atoms with van der Waals surface area (Å²) in [6.07, 6.45) is 1.37. The van der Waals surface area contributed by atoms with E-state index < -0.39 is 17.8 Å². The topological polar surface area (TPSA) is 105 Å². The van der Waals surface area contributed by atoms with Crippen LogP contribution in [-0.4, -0.2) is 30.4 Å². The Kier molecular flexibility index (Phi) is 7.52. The van der Waals surface area contributed by atoms with Crippen LogP contribution in [0.1, 0.15) is 11.1 Å². The number of hydrogen-bond donors (Lipinski definition) is 2. The lowest BCUT2D eigenvalue weighted by Gasteiger charge is -2.27. The van der Waals surface area contributed by atoms with E-state index in [2.05, 4.69) is 26.6 Å². The normalized spacial score (nSPS) is 14.6. The average Bonchev–Trinajstić information content (AvgIpc) is 2.84. The van der Waals surface area contributed by atoms with Crippen LogP contribution in [-0.2, 0) is 14.4 Å². The molecule has 182 valence electrons. The third-order valence-corrected chi connectivity index (χ3v) is 6.05. The van der Waals surface area contributed by atoms with E-state index in [1.165, 1.54) is 12.1 Å². The summed E-state index contributed by atoms with van der Waals surface area (Å²) in [5.74, 6) is -1.52. The molecule has 0 saturated carbocycles. The first-order valence-electron chi connectivity index (χ1n) is 10.7. The number of aryl methyl sites for hydroxylation is 1. The third-order valence-electron chi connectivity index (χ3n) is 5.20. The maximum Gasteiger partial charge on any atom is 0.335 e. The molecule has 0 bridgehead atoms. The second-order valence-electron chi connectivity index (χ2n) is 7.78. The van der Waals surface area contributed by atoms with Crippen molar-refractivity contribution in [1.82, 2.24) is 5.32 Å². The highest BCUT2D eigenvalue weighted by molar-refractivity contribution is 9.10. The molecular formula is C26H19BrClN3O5. The summed E-state index contributed by atoms with van der Waals surface area (Å²) in [4.78, 5) is 51.1. The van der Waals surface area contributed by atoms with Gasteiger partial charge in [-0.1, -0.05) is 41.9 Å². The molecule has 0 atom stereocenters. The number of nitrogens with one attached hydrogen (secondary N) is 2. The van der Waals surface area contributed by atoms with E-state index >= 15 is 0 Å². The summed E-state index contributed by atoms with van der Waals surface area (Å²) in [5.41, 5.74) is 1.85. The minimum atomic E-state index is -0.855. The van der Waals surface area contributed by atoms with Crippen molar-refractivity contribution in [2.24, 2.45) is 0 Å². The number of barbiturate groups is 1. The van der Waals surface area contributed by atoms with Gasteiger partial charge in [-0.25, -0.2) is 9.69 Å². The lowest BCUT2D eigenvalue weighted by Crippen LogP contribution is -2.54. The van der Waals surface area contributed by atoms with E-state index in [1.54, 1.807) is 49.4 Å². The van der Waals surface area contributed by atoms with Gasteiger partial charge in [0.05, 0.1) is 10.2 Å². The van der Waals surface area contributed by atoms with Gasteiger partial charge in [0.2, 0.25) is 0 Å². The summed E-state index contributed by atoms with van der Waals surface area (Å²) in [6.45, 7) is 1.51. The first-order valence-corrected chi connectivity index (χ1v) is 11.8. The molecule has 0 unspecified atom stereocenters. The van der Waals surface area contributed by atoms with Gasteiger partial charge in [0.15, 0.2) is 6.61 Å². The minimum Gasteiger partial charge on any atom is -0.483 e. The van der Waals surface area contributed by atoms with E-state index in [9.17, 15) is 19.2 Å². The summed E-state index contributed by atoms with van der Waals surface area (Å²) >= 11 is 9.44. The Hall–Kier alpha value is -3.95. The fraction of sp³-hybridized carbons (Fsp3) is 0.0769. The highest BCUT2D eigenvalue weighted by Crippen LogP contribution is 2.30. The van der Waals surface area contributed by atoms with E-state index in [-0.39, 0.29) is 23.8 Å². The molecule has 0 spiro atoms. The van der Waals surface area contributed by atoms with Crippen LogP contribution in [0.4, 0.5) is 16.2 Å². The van der Waals surface area contributed by atoms with Crippen molar-refractivity contribution in [3.8, 4) is 5.75 Å². The van der Waals surface area contributed by atoms with E-state index in [0.717, 1.165) is 4.90 Å². The molecule has 0 aliphatic carbocycles. The second kappa shape index (κ2) is 10.8. The van der Waals surface area contributed by atoms with Gasteiger partial charge in [0.25, 0.3) is 17.7 Å². The van der Waals surface area contributed by atoms with Gasteiger partial charge >= 0.3 is 6.03 Å². The molecule has 1 aliphatic rings. The molecule has 1 heterocycles. The predicted molar refractivity (Wildman–Crippen MR) is 140 cm³/mol. The number of carbonyl (C=O) groups is 4. The molecule has 1 fully saturated rings. The van der Waals surface area contributed by atoms with Gasteiger partial charge in [-0.2, -0.15) is 0 Å². The van der Waals surface area contributed by atoms with Gasteiger partial charge < -0.3 is 10.1 Å². The van der Waals surface area contributed by atoms with Crippen LogP contribution in [0.5, 0.6) is 5.75 Å². The number of ether oxygens (including phenoxy) is 1. The maximum absolute atomic E-state index is 13.1. The van der Waals surface area contributed by atoms with Crippen LogP contribution < -0.4 is 20.3 Å². The smallest absolute Gasteiger partial charge is 0.335 e.